The Labute approximate surface area is 196 Å². The van der Waals surface area contributed by atoms with Gasteiger partial charge in [0.2, 0.25) is 16.8 Å². The zero-order chi connectivity index (χ0) is 23.9. The summed E-state index contributed by atoms with van der Waals surface area (Å²) in [6.07, 6.45) is 1.32. The standard InChI is InChI=1S/C24H24N2O7S/c1-15(27)16-4-2-6-20(9-16)34(29,30)26(13-19-5-3-7-31-19)12-18-8-17-10-22-23(33-14-32-22)11-21(17)25-24(18)28/h2,4,6,8-11,19H,3,5,7,12-14H2,1H3,(H,25,28)/t19-/m0/s1. The van der Waals surface area contributed by atoms with Crippen LogP contribution < -0.4 is 15.0 Å². The summed E-state index contributed by atoms with van der Waals surface area (Å²) in [6.45, 7) is 2.02. The van der Waals surface area contributed by atoms with Gasteiger partial charge in [-0.25, -0.2) is 8.42 Å². The van der Waals surface area contributed by atoms with E-state index in [2.05, 4.69) is 4.98 Å². The molecule has 0 saturated carbocycles. The molecule has 1 N–H and O–H groups in total. The number of nitrogens with one attached hydrogen (secondary N) is 1. The third kappa shape index (κ3) is 4.31. The van der Waals surface area contributed by atoms with E-state index in [9.17, 15) is 18.0 Å². The lowest BCUT2D eigenvalue weighted by molar-refractivity contribution is 0.0925. The number of carbonyl (C=O) groups is 1. The Morgan fingerprint density at radius 1 is 1.15 bits per heavy atom. The van der Waals surface area contributed by atoms with Crippen LogP contribution >= 0.6 is 0 Å². The van der Waals surface area contributed by atoms with Crippen molar-refractivity contribution in [2.45, 2.75) is 37.3 Å². The lowest BCUT2D eigenvalue weighted by Crippen LogP contribution is -2.38. The summed E-state index contributed by atoms with van der Waals surface area (Å²) in [5.74, 6) is 0.881. The normalized spacial score (nSPS) is 17.5. The predicted molar refractivity (Wildman–Crippen MR) is 124 cm³/mol. The molecule has 1 aromatic heterocycles. The zero-order valence-corrected chi connectivity index (χ0v) is 19.4. The third-order valence-corrected chi connectivity index (χ3v) is 7.88. The van der Waals surface area contributed by atoms with Crippen molar-refractivity contribution in [3.05, 3.63) is 63.9 Å². The summed E-state index contributed by atoms with van der Waals surface area (Å²) in [5, 5.41) is 0.701. The van der Waals surface area contributed by atoms with Crippen molar-refractivity contribution in [2.24, 2.45) is 0 Å². The molecule has 0 aliphatic carbocycles. The van der Waals surface area contributed by atoms with Gasteiger partial charge < -0.3 is 19.2 Å². The second kappa shape index (κ2) is 8.86. The molecule has 3 heterocycles. The lowest BCUT2D eigenvalue weighted by Gasteiger charge is -2.25. The smallest absolute Gasteiger partial charge is 0.252 e. The highest BCUT2D eigenvalue weighted by Gasteiger charge is 2.30. The van der Waals surface area contributed by atoms with Crippen molar-refractivity contribution in [1.82, 2.24) is 9.29 Å². The van der Waals surface area contributed by atoms with Crippen LogP contribution in [-0.2, 0) is 21.3 Å². The maximum atomic E-state index is 13.6. The summed E-state index contributed by atoms with van der Waals surface area (Å²) in [6, 6.07) is 11.0. The number of ketones is 1. The van der Waals surface area contributed by atoms with Gasteiger partial charge in [-0.15, -0.1) is 0 Å². The average molecular weight is 485 g/mol. The molecule has 9 nitrogen and oxygen atoms in total. The fourth-order valence-corrected chi connectivity index (χ4v) is 5.73. The molecule has 34 heavy (non-hydrogen) atoms. The molecule has 2 aliphatic rings. The molecule has 0 amide bonds. The SMILES string of the molecule is CC(=O)c1cccc(S(=O)(=O)N(Cc2cc3cc4c(cc3[nH]c2=O)OCO4)C[C@@H]2CCCO2)c1. The molecule has 5 rings (SSSR count). The Bertz CT molecular complexity index is 1420. The molecule has 2 aromatic carbocycles. The monoisotopic (exact) mass is 484 g/mol. The van der Waals surface area contributed by atoms with Gasteiger partial charge in [-0.2, -0.15) is 4.31 Å². The fraction of sp³-hybridized carbons (Fsp3) is 0.333. The number of rotatable bonds is 7. The van der Waals surface area contributed by atoms with E-state index in [-0.39, 0.29) is 42.2 Å². The van der Waals surface area contributed by atoms with Crippen molar-refractivity contribution >= 4 is 26.7 Å². The molecule has 0 unspecified atom stereocenters. The Morgan fingerprint density at radius 3 is 2.68 bits per heavy atom. The summed E-state index contributed by atoms with van der Waals surface area (Å²) in [4.78, 5) is 27.5. The van der Waals surface area contributed by atoms with Crippen LogP contribution in [0.5, 0.6) is 11.5 Å². The molecule has 1 saturated heterocycles. The van der Waals surface area contributed by atoms with Gasteiger partial charge in [-0.1, -0.05) is 12.1 Å². The first-order valence-electron chi connectivity index (χ1n) is 11.0. The van der Waals surface area contributed by atoms with Crippen LogP contribution in [0.15, 0.2) is 52.2 Å². The van der Waals surface area contributed by atoms with Crippen LogP contribution in [0.1, 0.15) is 35.7 Å². The quantitative estimate of drug-likeness (QED) is 0.513. The molecule has 1 fully saturated rings. The van der Waals surface area contributed by atoms with Crippen LogP contribution in [0.4, 0.5) is 0 Å². The number of aromatic amines is 1. The second-order valence-corrected chi connectivity index (χ2v) is 10.4. The van der Waals surface area contributed by atoms with Crippen molar-refractivity contribution in [3.63, 3.8) is 0 Å². The molecule has 2 aliphatic heterocycles. The van der Waals surface area contributed by atoms with E-state index in [0.717, 1.165) is 12.8 Å². The number of Topliss-reactive ketones (excluding diaryl/α,β-unsaturated/α-hetero) is 1. The first-order chi connectivity index (χ1) is 16.3. The molecule has 0 radical (unpaired) electrons. The molecular weight excluding hydrogens is 460 g/mol. The number of benzene rings is 2. The van der Waals surface area contributed by atoms with E-state index in [1.807, 2.05) is 0 Å². The largest absolute Gasteiger partial charge is 0.454 e. The lowest BCUT2D eigenvalue weighted by atomic mass is 10.1. The number of hydrogen-bond acceptors (Lipinski definition) is 7. The van der Waals surface area contributed by atoms with Crippen LogP contribution in [0.2, 0.25) is 0 Å². The maximum absolute atomic E-state index is 13.6. The number of sulfonamides is 1. The Balaban J connectivity index is 1.53. The fourth-order valence-electron chi connectivity index (χ4n) is 4.24. The van der Waals surface area contributed by atoms with Gasteiger partial charge in [0.1, 0.15) is 0 Å². The van der Waals surface area contributed by atoms with Crippen molar-refractivity contribution in [1.29, 1.82) is 0 Å². The van der Waals surface area contributed by atoms with E-state index in [1.165, 1.54) is 23.4 Å². The summed E-state index contributed by atoms with van der Waals surface area (Å²) >= 11 is 0. The minimum absolute atomic E-state index is 0.00113. The van der Waals surface area contributed by atoms with Crippen molar-refractivity contribution in [2.75, 3.05) is 19.9 Å². The average Bonchev–Trinajstić information content (AvgIpc) is 3.49. The Kier molecular flexibility index (Phi) is 5.88. The predicted octanol–water partition coefficient (Wildman–Crippen LogP) is 2.83. The minimum Gasteiger partial charge on any atom is -0.454 e. The molecule has 0 bridgehead atoms. The molecule has 3 aromatic rings. The Hall–Kier alpha value is -3.21. The summed E-state index contributed by atoms with van der Waals surface area (Å²) < 4.78 is 45.0. The van der Waals surface area contributed by atoms with Gasteiger partial charge in [-0.3, -0.25) is 9.59 Å². The highest BCUT2D eigenvalue weighted by molar-refractivity contribution is 7.89. The maximum Gasteiger partial charge on any atom is 0.252 e. The van der Waals surface area contributed by atoms with E-state index in [0.29, 0.717) is 34.6 Å². The van der Waals surface area contributed by atoms with Crippen LogP contribution in [0, 0.1) is 0 Å². The van der Waals surface area contributed by atoms with Crippen molar-refractivity contribution in [3.8, 4) is 11.5 Å². The third-order valence-electron chi connectivity index (χ3n) is 6.07. The van der Waals surface area contributed by atoms with E-state index in [4.69, 9.17) is 14.2 Å². The second-order valence-electron chi connectivity index (χ2n) is 8.43. The van der Waals surface area contributed by atoms with Crippen LogP contribution in [-0.4, -0.2) is 49.5 Å². The van der Waals surface area contributed by atoms with Gasteiger partial charge in [0.05, 0.1) is 16.5 Å². The van der Waals surface area contributed by atoms with E-state index >= 15 is 0 Å². The number of fused-ring (bicyclic) bond motifs is 2. The number of nitrogens with zero attached hydrogens (tertiary/aromatic N) is 1. The first kappa shape index (κ1) is 22.6. The van der Waals surface area contributed by atoms with Crippen molar-refractivity contribution < 1.29 is 27.4 Å². The minimum atomic E-state index is -4.02. The van der Waals surface area contributed by atoms with Gasteiger partial charge in [0.25, 0.3) is 5.56 Å². The Morgan fingerprint density at radius 2 is 1.94 bits per heavy atom. The zero-order valence-electron chi connectivity index (χ0n) is 18.6. The number of carbonyl (C=O) groups excluding carboxylic acids is 1. The van der Waals surface area contributed by atoms with E-state index < -0.39 is 15.6 Å². The number of pyridine rings is 1. The first-order valence-corrected chi connectivity index (χ1v) is 12.4. The van der Waals surface area contributed by atoms with Crippen LogP contribution in [0.25, 0.3) is 10.9 Å². The van der Waals surface area contributed by atoms with Gasteiger partial charge in [-0.05, 0) is 44.0 Å². The number of ether oxygens (including phenoxy) is 3. The summed E-state index contributed by atoms with van der Waals surface area (Å²) in [5.41, 5.74) is 0.769. The highest BCUT2D eigenvalue weighted by Crippen LogP contribution is 2.35. The van der Waals surface area contributed by atoms with Gasteiger partial charge >= 0.3 is 0 Å². The number of H-pyrrole nitrogens is 1. The highest BCUT2D eigenvalue weighted by atomic mass is 32.2. The van der Waals surface area contributed by atoms with E-state index in [1.54, 1.807) is 30.3 Å². The molecular formula is C24H24N2O7S. The van der Waals surface area contributed by atoms with Gasteiger partial charge in [0, 0.05) is 42.3 Å². The van der Waals surface area contributed by atoms with Crippen LogP contribution in [0.3, 0.4) is 0 Å². The molecule has 178 valence electrons. The number of aromatic nitrogens is 1. The number of hydrogen-bond donors (Lipinski definition) is 1. The molecule has 1 atom stereocenters. The summed E-state index contributed by atoms with van der Waals surface area (Å²) in [7, 11) is -4.02. The molecule has 10 heteroatoms. The molecule has 0 spiro atoms. The topological polar surface area (TPSA) is 115 Å². The van der Waals surface area contributed by atoms with Gasteiger partial charge in [0.15, 0.2) is 17.3 Å².